The van der Waals surface area contributed by atoms with E-state index >= 15 is 0 Å². The van der Waals surface area contributed by atoms with E-state index in [-0.39, 0.29) is 5.91 Å². The zero-order chi connectivity index (χ0) is 13.9. The number of H-pyrrole nitrogens is 1. The molecule has 3 heteroatoms. The number of carbonyl (C=O) groups is 1. The first-order chi connectivity index (χ1) is 9.72. The van der Waals surface area contributed by atoms with Gasteiger partial charge in [-0.3, -0.25) is 4.79 Å². The highest BCUT2D eigenvalue weighted by atomic mass is 16.1. The lowest BCUT2D eigenvalue weighted by molar-refractivity contribution is 0.0951. The Balaban J connectivity index is 1.75. The molecular weight excluding hydrogens is 248 g/mol. The lowest BCUT2D eigenvalue weighted by atomic mass is 10.1. The summed E-state index contributed by atoms with van der Waals surface area (Å²) in [4.78, 5) is 15.4. The molecule has 0 spiro atoms. The van der Waals surface area contributed by atoms with Crippen LogP contribution in [0.3, 0.4) is 0 Å². The molecule has 1 aromatic heterocycles. The highest BCUT2D eigenvalue weighted by molar-refractivity contribution is 5.98. The van der Waals surface area contributed by atoms with Crippen LogP contribution in [0.15, 0.2) is 54.6 Å². The Labute approximate surface area is 117 Å². The number of nitrogens with one attached hydrogen (secondary N) is 2. The number of rotatable bonds is 3. The van der Waals surface area contributed by atoms with E-state index in [1.165, 1.54) is 0 Å². The molecule has 3 aromatic rings. The molecule has 0 aliphatic heterocycles. The second kappa shape index (κ2) is 5.21. The zero-order valence-corrected chi connectivity index (χ0v) is 11.3. The van der Waals surface area contributed by atoms with Crippen LogP contribution in [0.25, 0.3) is 10.9 Å². The molecule has 0 aliphatic rings. The number of aromatic nitrogens is 1. The Bertz CT molecular complexity index is 744. The summed E-state index contributed by atoms with van der Waals surface area (Å²) in [6.07, 6.45) is 0. The van der Waals surface area contributed by atoms with Crippen molar-refractivity contribution in [3.63, 3.8) is 0 Å². The Kier molecular flexibility index (Phi) is 3.25. The van der Waals surface area contributed by atoms with Crippen molar-refractivity contribution in [1.29, 1.82) is 0 Å². The number of fused-ring (bicyclic) bond motifs is 1. The van der Waals surface area contributed by atoms with Gasteiger partial charge in [0.2, 0.25) is 0 Å². The molecule has 2 aromatic carbocycles. The molecule has 0 radical (unpaired) electrons. The Morgan fingerprint density at radius 3 is 2.70 bits per heavy atom. The van der Waals surface area contributed by atoms with Gasteiger partial charge >= 0.3 is 0 Å². The van der Waals surface area contributed by atoms with Crippen molar-refractivity contribution in [2.75, 3.05) is 0 Å². The van der Waals surface area contributed by atoms with Crippen molar-refractivity contribution >= 4 is 16.8 Å². The van der Waals surface area contributed by atoms with Crippen LogP contribution < -0.4 is 5.32 Å². The Morgan fingerprint density at radius 2 is 1.90 bits per heavy atom. The molecule has 20 heavy (non-hydrogen) atoms. The van der Waals surface area contributed by atoms with Crippen LogP contribution in [0.1, 0.15) is 21.6 Å². The van der Waals surface area contributed by atoms with Crippen LogP contribution >= 0.6 is 0 Å². The fourth-order valence-corrected chi connectivity index (χ4v) is 2.30. The van der Waals surface area contributed by atoms with Gasteiger partial charge in [0.15, 0.2) is 0 Å². The smallest absolute Gasteiger partial charge is 0.251 e. The summed E-state index contributed by atoms with van der Waals surface area (Å²) < 4.78 is 0. The summed E-state index contributed by atoms with van der Waals surface area (Å²) in [6.45, 7) is 2.55. The molecule has 0 fully saturated rings. The van der Waals surface area contributed by atoms with Crippen molar-refractivity contribution < 1.29 is 4.79 Å². The molecule has 1 heterocycles. The third-order valence-corrected chi connectivity index (χ3v) is 3.31. The second-order valence-electron chi connectivity index (χ2n) is 4.92. The second-order valence-corrected chi connectivity index (χ2v) is 4.92. The van der Waals surface area contributed by atoms with Crippen LogP contribution in [-0.2, 0) is 6.54 Å². The van der Waals surface area contributed by atoms with Crippen LogP contribution in [0.4, 0.5) is 0 Å². The summed E-state index contributed by atoms with van der Waals surface area (Å²) in [6, 6.07) is 17.7. The molecule has 0 saturated heterocycles. The van der Waals surface area contributed by atoms with Crippen molar-refractivity contribution in [3.8, 4) is 0 Å². The van der Waals surface area contributed by atoms with E-state index in [1.54, 1.807) is 0 Å². The molecule has 1 amide bonds. The average molecular weight is 264 g/mol. The maximum Gasteiger partial charge on any atom is 0.251 e. The minimum absolute atomic E-state index is 0.0467. The summed E-state index contributed by atoms with van der Waals surface area (Å²) in [5.41, 5.74) is 3.94. The Morgan fingerprint density at radius 1 is 1.10 bits per heavy atom. The first kappa shape index (κ1) is 12.5. The van der Waals surface area contributed by atoms with Gasteiger partial charge < -0.3 is 10.3 Å². The molecule has 0 atom stereocenters. The van der Waals surface area contributed by atoms with Gasteiger partial charge in [0.1, 0.15) is 0 Å². The van der Waals surface area contributed by atoms with Crippen LogP contribution in [-0.4, -0.2) is 10.9 Å². The van der Waals surface area contributed by atoms with E-state index in [4.69, 9.17) is 0 Å². The van der Waals surface area contributed by atoms with Gasteiger partial charge in [-0.05, 0) is 36.8 Å². The SMILES string of the molecule is Cc1cc2cc(C(=O)NCc3ccccc3)ccc2[nH]1. The number of amides is 1. The fourth-order valence-electron chi connectivity index (χ4n) is 2.30. The largest absolute Gasteiger partial charge is 0.359 e. The van der Waals surface area contributed by atoms with Gasteiger partial charge in [-0.25, -0.2) is 0 Å². The van der Waals surface area contributed by atoms with Gasteiger partial charge in [0.25, 0.3) is 5.91 Å². The molecule has 3 nitrogen and oxygen atoms in total. The molecule has 0 unspecified atom stereocenters. The minimum Gasteiger partial charge on any atom is -0.359 e. The lowest BCUT2D eigenvalue weighted by Crippen LogP contribution is -2.22. The van der Waals surface area contributed by atoms with E-state index in [2.05, 4.69) is 10.3 Å². The molecule has 0 saturated carbocycles. The van der Waals surface area contributed by atoms with E-state index < -0.39 is 0 Å². The number of aromatic amines is 1. The fraction of sp³-hybridized carbons (Fsp3) is 0.118. The number of hydrogen-bond donors (Lipinski definition) is 2. The molecular formula is C17H16N2O. The van der Waals surface area contributed by atoms with E-state index in [0.717, 1.165) is 22.2 Å². The number of hydrogen-bond acceptors (Lipinski definition) is 1. The standard InChI is InChI=1S/C17H16N2O/c1-12-9-15-10-14(7-8-16(15)19-12)17(20)18-11-13-5-3-2-4-6-13/h2-10,19H,11H2,1H3,(H,18,20). The molecule has 100 valence electrons. The van der Waals surface area contributed by atoms with Crippen LogP contribution in [0, 0.1) is 6.92 Å². The first-order valence-corrected chi connectivity index (χ1v) is 6.64. The molecule has 2 N–H and O–H groups in total. The van der Waals surface area contributed by atoms with E-state index in [9.17, 15) is 4.79 Å². The lowest BCUT2D eigenvalue weighted by Gasteiger charge is -2.05. The maximum atomic E-state index is 12.1. The summed E-state index contributed by atoms with van der Waals surface area (Å²) >= 11 is 0. The van der Waals surface area contributed by atoms with Gasteiger partial charge in [-0.2, -0.15) is 0 Å². The van der Waals surface area contributed by atoms with Crippen molar-refractivity contribution in [2.24, 2.45) is 0 Å². The molecule has 0 bridgehead atoms. The minimum atomic E-state index is -0.0467. The number of benzene rings is 2. The number of aryl methyl sites for hydroxylation is 1. The van der Waals surface area contributed by atoms with Gasteiger partial charge in [0, 0.05) is 28.7 Å². The molecule has 0 aliphatic carbocycles. The maximum absolute atomic E-state index is 12.1. The molecule has 3 rings (SSSR count). The van der Waals surface area contributed by atoms with E-state index in [0.29, 0.717) is 12.1 Å². The zero-order valence-electron chi connectivity index (χ0n) is 11.3. The summed E-state index contributed by atoms with van der Waals surface area (Å²) in [5, 5.41) is 4.00. The highest BCUT2D eigenvalue weighted by Crippen LogP contribution is 2.16. The van der Waals surface area contributed by atoms with Crippen molar-refractivity contribution in [3.05, 3.63) is 71.4 Å². The normalized spacial score (nSPS) is 10.7. The quantitative estimate of drug-likeness (QED) is 0.748. The third kappa shape index (κ3) is 2.57. The third-order valence-electron chi connectivity index (χ3n) is 3.31. The van der Waals surface area contributed by atoms with Crippen LogP contribution in [0.2, 0.25) is 0 Å². The monoisotopic (exact) mass is 264 g/mol. The summed E-state index contributed by atoms with van der Waals surface area (Å²) in [5.74, 6) is -0.0467. The predicted octanol–water partition coefficient (Wildman–Crippen LogP) is 3.41. The van der Waals surface area contributed by atoms with Crippen molar-refractivity contribution in [2.45, 2.75) is 13.5 Å². The summed E-state index contributed by atoms with van der Waals surface area (Å²) in [7, 11) is 0. The van der Waals surface area contributed by atoms with Gasteiger partial charge in [-0.1, -0.05) is 30.3 Å². The van der Waals surface area contributed by atoms with Crippen molar-refractivity contribution in [1.82, 2.24) is 10.3 Å². The Hall–Kier alpha value is -2.55. The predicted molar refractivity (Wildman–Crippen MR) is 80.6 cm³/mol. The first-order valence-electron chi connectivity index (χ1n) is 6.64. The highest BCUT2D eigenvalue weighted by Gasteiger charge is 2.07. The number of carbonyl (C=O) groups excluding carboxylic acids is 1. The van der Waals surface area contributed by atoms with Crippen LogP contribution in [0.5, 0.6) is 0 Å². The van der Waals surface area contributed by atoms with Gasteiger partial charge in [0.05, 0.1) is 0 Å². The van der Waals surface area contributed by atoms with Gasteiger partial charge in [-0.15, -0.1) is 0 Å². The van der Waals surface area contributed by atoms with E-state index in [1.807, 2.05) is 61.5 Å². The average Bonchev–Trinajstić information content (AvgIpc) is 2.85. The topological polar surface area (TPSA) is 44.9 Å².